The maximum atomic E-state index is 12.4. The van der Waals surface area contributed by atoms with Gasteiger partial charge in [-0.15, -0.1) is 0 Å². The molecule has 1 aromatic carbocycles. The predicted molar refractivity (Wildman–Crippen MR) is 77.4 cm³/mol. The van der Waals surface area contributed by atoms with Gasteiger partial charge in [0.25, 0.3) is 0 Å². The molecule has 0 N–H and O–H groups in total. The maximum Gasteiger partial charge on any atom is 0.216 e. The summed E-state index contributed by atoms with van der Waals surface area (Å²) in [5.74, 6) is 0. The quantitative estimate of drug-likeness (QED) is 0.815. The zero-order valence-corrected chi connectivity index (χ0v) is 12.1. The number of aryl methyl sites for hydroxylation is 2. The summed E-state index contributed by atoms with van der Waals surface area (Å²) in [4.78, 5) is -0.131. The van der Waals surface area contributed by atoms with Gasteiger partial charge in [-0.1, -0.05) is 17.7 Å². The number of hydrogen-bond acceptors (Lipinski definition) is 3. The summed E-state index contributed by atoms with van der Waals surface area (Å²) < 4.78 is 26.6. The van der Waals surface area contributed by atoms with Gasteiger partial charge >= 0.3 is 0 Å². The fraction of sp³-hybridized carbons (Fsp3) is 0.133. The maximum absolute atomic E-state index is 12.4. The minimum absolute atomic E-state index is 0.130. The first-order valence-corrected chi connectivity index (χ1v) is 7.48. The Labute approximate surface area is 118 Å². The van der Waals surface area contributed by atoms with Crippen LogP contribution in [-0.4, -0.2) is 13.0 Å². The molecule has 0 aliphatic heterocycles. The summed E-state index contributed by atoms with van der Waals surface area (Å²) in [6, 6.07) is 11.8. The van der Waals surface area contributed by atoms with Crippen LogP contribution in [0.5, 0.6) is 0 Å². The topological polar surface area (TPSA) is 62.9 Å². The van der Waals surface area contributed by atoms with E-state index in [1.807, 2.05) is 6.92 Å². The normalized spacial score (nSPS) is 12.2. The van der Waals surface area contributed by atoms with Gasteiger partial charge in [-0.2, -0.15) is 5.26 Å². The largest absolute Gasteiger partial charge is 0.351 e. The van der Waals surface area contributed by atoms with Crippen molar-refractivity contribution >= 4 is 15.9 Å². The van der Waals surface area contributed by atoms with E-state index in [4.69, 9.17) is 5.26 Å². The van der Waals surface area contributed by atoms with Crippen LogP contribution in [0, 0.1) is 18.3 Å². The van der Waals surface area contributed by atoms with Crippen LogP contribution in [-0.2, 0) is 16.9 Å². The number of nitriles is 1. The molecule has 0 unspecified atom stereocenters. The van der Waals surface area contributed by atoms with Gasteiger partial charge in [0, 0.05) is 18.9 Å². The van der Waals surface area contributed by atoms with E-state index in [2.05, 4.69) is 0 Å². The van der Waals surface area contributed by atoms with E-state index in [9.17, 15) is 8.42 Å². The Morgan fingerprint density at radius 1 is 1.25 bits per heavy atom. The first kappa shape index (κ1) is 14.1. The SMILES string of the molecule is Cc1ccc(S(=O)(=O)/C(C#N)=C\c2cccn2C)cc1. The van der Waals surface area contributed by atoms with Gasteiger partial charge in [0.15, 0.2) is 4.91 Å². The molecule has 0 aliphatic carbocycles. The van der Waals surface area contributed by atoms with Crippen LogP contribution in [0.1, 0.15) is 11.3 Å². The average Bonchev–Trinajstić information content (AvgIpc) is 2.81. The summed E-state index contributed by atoms with van der Waals surface area (Å²) in [6.07, 6.45) is 3.18. The molecule has 0 saturated heterocycles. The Morgan fingerprint density at radius 3 is 2.40 bits per heavy atom. The second-order valence-corrected chi connectivity index (χ2v) is 6.40. The number of aromatic nitrogens is 1. The van der Waals surface area contributed by atoms with Crippen LogP contribution < -0.4 is 0 Å². The molecule has 4 nitrogen and oxygen atoms in total. The summed E-state index contributed by atoms with van der Waals surface area (Å²) in [6.45, 7) is 1.88. The second-order valence-electron chi connectivity index (χ2n) is 4.48. The molecular formula is C15H14N2O2S. The molecule has 1 heterocycles. The number of allylic oxidation sites excluding steroid dienone is 1. The van der Waals surface area contributed by atoms with Crippen LogP contribution in [0.2, 0.25) is 0 Å². The Balaban J connectivity index is 2.52. The van der Waals surface area contributed by atoms with E-state index in [0.29, 0.717) is 5.69 Å². The summed E-state index contributed by atoms with van der Waals surface area (Å²) in [5, 5.41) is 9.16. The molecule has 0 atom stereocenters. The van der Waals surface area contributed by atoms with Crippen LogP contribution in [0.25, 0.3) is 6.08 Å². The van der Waals surface area contributed by atoms with E-state index < -0.39 is 9.84 Å². The summed E-state index contributed by atoms with van der Waals surface area (Å²) in [7, 11) is -1.98. The fourth-order valence-electron chi connectivity index (χ4n) is 1.77. The lowest BCUT2D eigenvalue weighted by molar-refractivity contribution is 0.603. The van der Waals surface area contributed by atoms with Crippen LogP contribution >= 0.6 is 0 Å². The zero-order chi connectivity index (χ0) is 14.8. The number of nitrogens with zero attached hydrogens (tertiary/aromatic N) is 2. The lowest BCUT2D eigenvalue weighted by Gasteiger charge is -2.04. The number of benzene rings is 1. The molecule has 1 aromatic heterocycles. The molecule has 5 heteroatoms. The third-order valence-electron chi connectivity index (χ3n) is 2.99. The minimum atomic E-state index is -3.77. The van der Waals surface area contributed by atoms with E-state index in [1.165, 1.54) is 18.2 Å². The van der Waals surface area contributed by atoms with Crippen molar-refractivity contribution in [1.29, 1.82) is 5.26 Å². The van der Waals surface area contributed by atoms with Crippen LogP contribution in [0.15, 0.2) is 52.4 Å². The highest BCUT2D eigenvalue weighted by atomic mass is 32.2. The molecule has 0 bridgehead atoms. The van der Waals surface area contributed by atoms with Gasteiger partial charge in [0.2, 0.25) is 9.84 Å². The average molecular weight is 286 g/mol. The third kappa shape index (κ3) is 2.65. The van der Waals surface area contributed by atoms with Gasteiger partial charge in [0.1, 0.15) is 6.07 Å². The minimum Gasteiger partial charge on any atom is -0.351 e. The van der Waals surface area contributed by atoms with Gasteiger partial charge in [-0.05, 0) is 37.3 Å². The van der Waals surface area contributed by atoms with E-state index in [-0.39, 0.29) is 9.80 Å². The van der Waals surface area contributed by atoms with E-state index >= 15 is 0 Å². The number of hydrogen-bond donors (Lipinski definition) is 0. The number of sulfone groups is 1. The molecule has 0 spiro atoms. The van der Waals surface area contributed by atoms with Crippen molar-refractivity contribution in [3.63, 3.8) is 0 Å². The molecule has 0 saturated carbocycles. The highest BCUT2D eigenvalue weighted by Gasteiger charge is 2.20. The van der Waals surface area contributed by atoms with Crippen LogP contribution in [0.4, 0.5) is 0 Å². The summed E-state index contributed by atoms with van der Waals surface area (Å²) in [5.41, 5.74) is 1.63. The van der Waals surface area contributed by atoms with Crippen LogP contribution in [0.3, 0.4) is 0 Å². The third-order valence-corrected chi connectivity index (χ3v) is 4.67. The molecular weight excluding hydrogens is 272 g/mol. The first-order chi connectivity index (χ1) is 9.45. The van der Waals surface area contributed by atoms with Crippen molar-refractivity contribution in [2.75, 3.05) is 0 Å². The molecule has 20 heavy (non-hydrogen) atoms. The van der Waals surface area contributed by atoms with Gasteiger partial charge in [-0.3, -0.25) is 0 Å². The van der Waals surface area contributed by atoms with Crippen molar-refractivity contribution in [1.82, 2.24) is 4.57 Å². The lowest BCUT2D eigenvalue weighted by Crippen LogP contribution is -2.04. The molecule has 2 rings (SSSR count). The van der Waals surface area contributed by atoms with Gasteiger partial charge in [-0.25, -0.2) is 8.42 Å². The lowest BCUT2D eigenvalue weighted by atomic mass is 10.2. The van der Waals surface area contributed by atoms with Crippen molar-refractivity contribution in [3.8, 4) is 6.07 Å². The molecule has 0 aliphatic rings. The van der Waals surface area contributed by atoms with Gasteiger partial charge < -0.3 is 4.57 Å². The van der Waals surface area contributed by atoms with Crippen molar-refractivity contribution in [2.24, 2.45) is 7.05 Å². The Kier molecular flexibility index (Phi) is 3.77. The van der Waals surface area contributed by atoms with E-state index in [0.717, 1.165) is 5.56 Å². The molecule has 0 radical (unpaired) electrons. The van der Waals surface area contributed by atoms with Crippen molar-refractivity contribution in [3.05, 3.63) is 58.8 Å². The number of rotatable bonds is 3. The Morgan fingerprint density at radius 2 is 1.90 bits per heavy atom. The summed E-state index contributed by atoms with van der Waals surface area (Å²) >= 11 is 0. The molecule has 0 fully saturated rings. The predicted octanol–water partition coefficient (Wildman–Crippen LogP) is 2.67. The first-order valence-electron chi connectivity index (χ1n) is 6.00. The van der Waals surface area contributed by atoms with Crippen molar-refractivity contribution in [2.45, 2.75) is 11.8 Å². The highest BCUT2D eigenvalue weighted by Crippen LogP contribution is 2.21. The fourth-order valence-corrected chi connectivity index (χ4v) is 2.92. The standard InChI is InChI=1S/C15H14N2O2S/c1-12-5-7-14(8-6-12)20(18,19)15(11-16)10-13-4-3-9-17(13)2/h3-10H,1-2H3/b15-10-. The molecule has 2 aromatic rings. The zero-order valence-electron chi connectivity index (χ0n) is 11.2. The molecule has 102 valence electrons. The highest BCUT2D eigenvalue weighted by molar-refractivity contribution is 7.95. The smallest absolute Gasteiger partial charge is 0.216 e. The monoisotopic (exact) mass is 286 g/mol. The second kappa shape index (κ2) is 5.35. The molecule has 0 amide bonds. The van der Waals surface area contributed by atoms with E-state index in [1.54, 1.807) is 48.1 Å². The Hall–Kier alpha value is -2.32. The van der Waals surface area contributed by atoms with Crippen molar-refractivity contribution < 1.29 is 8.42 Å². The van der Waals surface area contributed by atoms with Gasteiger partial charge in [0.05, 0.1) is 4.90 Å². The Bertz CT molecular complexity index is 791.